The predicted molar refractivity (Wildman–Crippen MR) is 77.6 cm³/mol. The third-order valence-corrected chi connectivity index (χ3v) is 2.80. The number of rotatable bonds is 4. The zero-order valence-electron chi connectivity index (χ0n) is 11.3. The molecule has 2 rings (SSSR count). The van der Waals surface area contributed by atoms with E-state index in [0.717, 1.165) is 0 Å². The van der Waals surface area contributed by atoms with Crippen LogP contribution in [0.2, 0.25) is 0 Å². The number of nitriles is 2. The largest absolute Gasteiger partial charge is 0.360 e. The van der Waals surface area contributed by atoms with E-state index >= 15 is 0 Å². The molecule has 4 nitrogen and oxygen atoms in total. The number of hydrogen-bond acceptors (Lipinski definition) is 4. The fourth-order valence-electron chi connectivity index (χ4n) is 1.72. The van der Waals surface area contributed by atoms with E-state index in [-0.39, 0.29) is 11.3 Å². The number of hydrogen-bond donors (Lipinski definition) is 1. The molecule has 0 fully saturated rings. The normalized spacial score (nSPS) is 9.68. The van der Waals surface area contributed by atoms with Crippen molar-refractivity contribution in [2.75, 3.05) is 5.32 Å². The number of nitrogens with zero attached hydrogens (tertiary/aromatic N) is 3. The molecule has 0 saturated carbocycles. The van der Waals surface area contributed by atoms with E-state index in [1.54, 1.807) is 42.5 Å². The Morgan fingerprint density at radius 1 is 1.09 bits per heavy atom. The van der Waals surface area contributed by atoms with Gasteiger partial charge in [-0.1, -0.05) is 18.2 Å². The van der Waals surface area contributed by atoms with E-state index in [4.69, 9.17) is 10.5 Å². The van der Waals surface area contributed by atoms with Gasteiger partial charge in [-0.15, -0.1) is 0 Å². The highest BCUT2D eigenvalue weighted by atomic mass is 19.3. The van der Waals surface area contributed by atoms with Crippen molar-refractivity contribution in [1.29, 1.82) is 10.5 Å². The molecule has 0 amide bonds. The predicted octanol–water partition coefficient (Wildman–Crippen LogP) is 4.03. The van der Waals surface area contributed by atoms with Gasteiger partial charge < -0.3 is 5.32 Å². The minimum absolute atomic E-state index is 0.0459. The van der Waals surface area contributed by atoms with Crippen molar-refractivity contribution in [1.82, 2.24) is 4.98 Å². The molecule has 0 radical (unpaired) electrons. The van der Waals surface area contributed by atoms with Gasteiger partial charge in [-0.05, 0) is 24.3 Å². The van der Waals surface area contributed by atoms with Crippen molar-refractivity contribution in [3.8, 4) is 23.4 Å². The van der Waals surface area contributed by atoms with Gasteiger partial charge in [-0.3, -0.25) is 0 Å². The summed E-state index contributed by atoms with van der Waals surface area (Å²) in [5, 5.41) is 20.0. The third kappa shape index (κ3) is 3.65. The second kappa shape index (κ2) is 6.96. The molecule has 6 heteroatoms. The zero-order valence-corrected chi connectivity index (χ0v) is 11.3. The van der Waals surface area contributed by atoms with Crippen molar-refractivity contribution in [2.24, 2.45) is 0 Å². The molecule has 1 aromatic heterocycles. The highest BCUT2D eigenvalue weighted by molar-refractivity contribution is 5.63. The lowest BCUT2D eigenvalue weighted by atomic mass is 10.1. The molecule has 0 bridgehead atoms. The Kier molecular flexibility index (Phi) is 4.79. The number of aromatic nitrogens is 1. The first-order valence-electron chi connectivity index (χ1n) is 6.26. The Morgan fingerprint density at radius 3 is 2.36 bits per heavy atom. The first-order chi connectivity index (χ1) is 10.6. The third-order valence-electron chi connectivity index (χ3n) is 2.80. The molecule has 0 saturated heterocycles. The van der Waals surface area contributed by atoms with Gasteiger partial charge in [0.15, 0.2) is 0 Å². The quantitative estimate of drug-likeness (QED) is 0.864. The highest BCUT2D eigenvalue weighted by Crippen LogP contribution is 2.23. The first kappa shape index (κ1) is 15.1. The molecule has 0 aliphatic carbocycles. The van der Waals surface area contributed by atoms with Gasteiger partial charge >= 0.3 is 0 Å². The second-order valence-electron chi connectivity index (χ2n) is 4.25. The second-order valence-corrected chi connectivity index (χ2v) is 4.25. The zero-order chi connectivity index (χ0) is 15.9. The number of benzene rings is 1. The van der Waals surface area contributed by atoms with Crippen LogP contribution in [-0.2, 0) is 0 Å². The van der Waals surface area contributed by atoms with Gasteiger partial charge in [-0.25, -0.2) is 13.8 Å². The van der Waals surface area contributed by atoms with Gasteiger partial charge in [0.1, 0.15) is 23.4 Å². The summed E-state index contributed by atoms with van der Waals surface area (Å²) in [6, 6.07) is 14.8. The Bertz CT molecular complexity index is 752. The Hall–Kier alpha value is -3.25. The Morgan fingerprint density at radius 2 is 1.77 bits per heavy atom. The maximum absolute atomic E-state index is 12.6. The summed E-state index contributed by atoms with van der Waals surface area (Å²) in [6.45, 7) is 0. The van der Waals surface area contributed by atoms with Crippen LogP contribution in [0.15, 0.2) is 54.2 Å². The SMILES string of the molecule is N#CC(C#N)=CNc1ccc(-c2cccc(C(F)F)n2)cc1. The van der Waals surface area contributed by atoms with Crippen LogP contribution >= 0.6 is 0 Å². The van der Waals surface area contributed by atoms with E-state index in [1.165, 1.54) is 18.3 Å². The number of anilines is 1. The van der Waals surface area contributed by atoms with Crippen molar-refractivity contribution >= 4 is 5.69 Å². The van der Waals surface area contributed by atoms with E-state index in [9.17, 15) is 8.78 Å². The van der Waals surface area contributed by atoms with E-state index in [1.807, 2.05) is 0 Å². The topological polar surface area (TPSA) is 72.5 Å². The molecular weight excluding hydrogens is 286 g/mol. The van der Waals surface area contributed by atoms with Crippen LogP contribution in [0.5, 0.6) is 0 Å². The first-order valence-corrected chi connectivity index (χ1v) is 6.26. The van der Waals surface area contributed by atoms with Gasteiger partial charge in [0.25, 0.3) is 6.43 Å². The molecule has 0 atom stereocenters. The van der Waals surface area contributed by atoms with Crippen molar-refractivity contribution in [3.05, 3.63) is 59.9 Å². The summed E-state index contributed by atoms with van der Waals surface area (Å²) in [4.78, 5) is 3.90. The summed E-state index contributed by atoms with van der Waals surface area (Å²) in [5.41, 5.74) is 1.50. The number of nitrogens with one attached hydrogen (secondary N) is 1. The molecule has 108 valence electrons. The summed E-state index contributed by atoms with van der Waals surface area (Å²) >= 11 is 0. The van der Waals surface area contributed by atoms with Crippen LogP contribution in [-0.4, -0.2) is 4.98 Å². The smallest absolute Gasteiger partial charge is 0.280 e. The van der Waals surface area contributed by atoms with E-state index in [2.05, 4.69) is 10.3 Å². The average molecular weight is 296 g/mol. The van der Waals surface area contributed by atoms with Crippen LogP contribution in [0.1, 0.15) is 12.1 Å². The van der Waals surface area contributed by atoms with Crippen LogP contribution in [0.25, 0.3) is 11.3 Å². The standard InChI is InChI=1S/C16H10F2N4/c17-16(18)15-3-1-2-14(22-15)12-4-6-13(7-5-12)21-10-11(8-19)9-20/h1-7,10,16,21H. The van der Waals surface area contributed by atoms with Crippen molar-refractivity contribution in [3.63, 3.8) is 0 Å². The summed E-state index contributed by atoms with van der Waals surface area (Å²) < 4.78 is 25.3. The maximum atomic E-state index is 12.6. The van der Waals surface area contributed by atoms with Gasteiger partial charge in [0.05, 0.1) is 5.69 Å². The Labute approximate surface area is 126 Å². The summed E-state index contributed by atoms with van der Waals surface area (Å²) in [7, 11) is 0. The van der Waals surface area contributed by atoms with Crippen LogP contribution in [0, 0.1) is 22.7 Å². The minimum Gasteiger partial charge on any atom is -0.360 e. The molecule has 0 spiro atoms. The monoisotopic (exact) mass is 296 g/mol. The van der Waals surface area contributed by atoms with Crippen LogP contribution < -0.4 is 5.32 Å². The fourth-order valence-corrected chi connectivity index (χ4v) is 1.72. The minimum atomic E-state index is -2.61. The average Bonchev–Trinajstić information content (AvgIpc) is 2.56. The van der Waals surface area contributed by atoms with Crippen molar-refractivity contribution < 1.29 is 8.78 Å². The van der Waals surface area contributed by atoms with E-state index in [0.29, 0.717) is 16.9 Å². The summed E-state index contributed by atoms with van der Waals surface area (Å²) in [6.07, 6.45) is -1.31. The lowest BCUT2D eigenvalue weighted by Crippen LogP contribution is -1.93. The molecule has 1 aromatic carbocycles. The number of allylic oxidation sites excluding steroid dienone is 1. The van der Waals surface area contributed by atoms with Gasteiger partial charge in [0, 0.05) is 17.5 Å². The fraction of sp³-hybridized carbons (Fsp3) is 0.0625. The highest BCUT2D eigenvalue weighted by Gasteiger charge is 2.09. The number of halogens is 2. The van der Waals surface area contributed by atoms with Crippen LogP contribution in [0.3, 0.4) is 0 Å². The lowest BCUT2D eigenvalue weighted by molar-refractivity contribution is 0.146. The molecule has 1 heterocycles. The lowest BCUT2D eigenvalue weighted by Gasteiger charge is -2.06. The molecule has 2 aromatic rings. The number of pyridine rings is 1. The Balaban J connectivity index is 2.19. The molecule has 0 aliphatic heterocycles. The molecule has 0 unspecified atom stereocenters. The van der Waals surface area contributed by atoms with Crippen LogP contribution in [0.4, 0.5) is 14.5 Å². The van der Waals surface area contributed by atoms with Gasteiger partial charge in [0.2, 0.25) is 0 Å². The number of alkyl halides is 2. The molecule has 1 N–H and O–H groups in total. The molecule has 22 heavy (non-hydrogen) atoms. The van der Waals surface area contributed by atoms with Crippen molar-refractivity contribution in [2.45, 2.75) is 6.43 Å². The maximum Gasteiger partial charge on any atom is 0.280 e. The molecular formula is C16H10F2N4. The van der Waals surface area contributed by atoms with E-state index < -0.39 is 6.43 Å². The van der Waals surface area contributed by atoms with Gasteiger partial charge in [-0.2, -0.15) is 10.5 Å². The molecule has 0 aliphatic rings. The summed E-state index contributed by atoms with van der Waals surface area (Å²) in [5.74, 6) is 0.